The summed E-state index contributed by atoms with van der Waals surface area (Å²) >= 11 is 1.64. The smallest absolute Gasteiger partial charge is 0.309 e. The number of carbonyl (C=O) groups is 2. The lowest BCUT2D eigenvalue weighted by Gasteiger charge is -2.38. The van der Waals surface area contributed by atoms with E-state index in [9.17, 15) is 9.59 Å². The van der Waals surface area contributed by atoms with Crippen LogP contribution in [0.3, 0.4) is 0 Å². The third-order valence-corrected chi connectivity index (χ3v) is 4.63. The molecule has 3 heterocycles. The second-order valence-electron chi connectivity index (χ2n) is 5.43. The number of carbonyl (C=O) groups excluding carboxylic acids is 2. The van der Waals surface area contributed by atoms with Gasteiger partial charge in [-0.3, -0.25) is 14.5 Å². The summed E-state index contributed by atoms with van der Waals surface area (Å²) < 4.78 is 5.11. The Morgan fingerprint density at radius 1 is 1.26 bits per heavy atom. The molecule has 0 unspecified atom stereocenters. The second kappa shape index (κ2) is 7.43. The zero-order valence-corrected chi connectivity index (χ0v) is 13.5. The van der Waals surface area contributed by atoms with Gasteiger partial charge in [0.15, 0.2) is 0 Å². The van der Waals surface area contributed by atoms with Gasteiger partial charge in [-0.15, -0.1) is 0 Å². The minimum atomic E-state index is -0.644. The van der Waals surface area contributed by atoms with Crippen molar-refractivity contribution in [3.63, 3.8) is 0 Å². The van der Waals surface area contributed by atoms with Gasteiger partial charge in [-0.25, -0.2) is 0 Å². The fourth-order valence-corrected chi connectivity index (χ4v) is 3.21. The van der Waals surface area contributed by atoms with Gasteiger partial charge in [0, 0.05) is 19.6 Å². The molecule has 0 aliphatic carbocycles. The van der Waals surface area contributed by atoms with Gasteiger partial charge >= 0.3 is 11.8 Å². The standard InChI is InChI=1S/C16H19N3O3S/c20-15(17-9-13-3-1-7-22-13)16(21)18-10-14(19-5-2-6-19)12-4-8-23-11-12/h1,3-4,7-8,11,14H,2,5-6,9-10H2,(H,17,20)(H,18,21)/t14-/m0/s1. The third kappa shape index (κ3) is 4.00. The van der Waals surface area contributed by atoms with Crippen molar-refractivity contribution in [2.75, 3.05) is 19.6 Å². The highest BCUT2D eigenvalue weighted by Gasteiger charge is 2.26. The molecule has 2 aromatic rings. The fourth-order valence-electron chi connectivity index (χ4n) is 2.51. The summed E-state index contributed by atoms with van der Waals surface area (Å²) in [7, 11) is 0. The van der Waals surface area contributed by atoms with Crippen molar-refractivity contribution in [2.24, 2.45) is 0 Å². The Balaban J connectivity index is 1.49. The molecule has 0 radical (unpaired) electrons. The van der Waals surface area contributed by atoms with E-state index in [1.807, 2.05) is 5.38 Å². The van der Waals surface area contributed by atoms with E-state index < -0.39 is 11.8 Å². The van der Waals surface area contributed by atoms with E-state index >= 15 is 0 Å². The minimum Gasteiger partial charge on any atom is -0.467 e. The summed E-state index contributed by atoms with van der Waals surface area (Å²) in [5.74, 6) is -0.644. The predicted molar refractivity (Wildman–Crippen MR) is 86.8 cm³/mol. The van der Waals surface area contributed by atoms with Crippen molar-refractivity contribution < 1.29 is 14.0 Å². The quantitative estimate of drug-likeness (QED) is 0.786. The fraction of sp³-hybridized carbons (Fsp3) is 0.375. The number of likely N-dealkylation sites (tertiary alicyclic amines) is 1. The predicted octanol–water partition coefficient (Wildman–Crippen LogP) is 1.52. The van der Waals surface area contributed by atoms with Crippen LogP contribution in [0.1, 0.15) is 23.8 Å². The van der Waals surface area contributed by atoms with Gasteiger partial charge in [-0.1, -0.05) is 0 Å². The third-order valence-electron chi connectivity index (χ3n) is 3.92. The van der Waals surface area contributed by atoms with Crippen molar-refractivity contribution in [1.29, 1.82) is 0 Å². The molecule has 23 heavy (non-hydrogen) atoms. The van der Waals surface area contributed by atoms with E-state index in [0.717, 1.165) is 13.1 Å². The molecule has 7 heteroatoms. The molecule has 0 saturated carbocycles. The Morgan fingerprint density at radius 2 is 2.09 bits per heavy atom. The first-order valence-corrected chi connectivity index (χ1v) is 8.53. The number of nitrogens with zero attached hydrogens (tertiary/aromatic N) is 1. The van der Waals surface area contributed by atoms with Gasteiger partial charge < -0.3 is 15.1 Å². The van der Waals surface area contributed by atoms with Crippen LogP contribution in [0.4, 0.5) is 0 Å². The molecule has 2 N–H and O–H groups in total. The van der Waals surface area contributed by atoms with Crippen molar-refractivity contribution in [3.05, 3.63) is 46.5 Å². The normalized spacial score (nSPS) is 15.7. The number of hydrogen-bond acceptors (Lipinski definition) is 5. The molecule has 1 saturated heterocycles. The van der Waals surface area contributed by atoms with Crippen molar-refractivity contribution in [3.8, 4) is 0 Å². The van der Waals surface area contributed by atoms with Crippen LogP contribution >= 0.6 is 11.3 Å². The summed E-state index contributed by atoms with van der Waals surface area (Å²) in [4.78, 5) is 26.1. The molecule has 0 aromatic carbocycles. The monoisotopic (exact) mass is 333 g/mol. The molecule has 1 fully saturated rings. The Labute approximate surface area is 138 Å². The number of hydrogen-bond donors (Lipinski definition) is 2. The summed E-state index contributed by atoms with van der Waals surface area (Å²) in [5, 5.41) is 9.39. The largest absolute Gasteiger partial charge is 0.467 e. The molecule has 0 spiro atoms. The van der Waals surface area contributed by atoms with E-state index in [1.54, 1.807) is 23.5 Å². The Morgan fingerprint density at radius 3 is 2.70 bits per heavy atom. The van der Waals surface area contributed by atoms with Crippen LogP contribution in [0.15, 0.2) is 39.6 Å². The minimum absolute atomic E-state index is 0.136. The molecule has 1 aliphatic rings. The first-order chi connectivity index (χ1) is 11.2. The van der Waals surface area contributed by atoms with Gasteiger partial charge in [0.05, 0.1) is 18.8 Å². The van der Waals surface area contributed by atoms with Crippen LogP contribution in [0.25, 0.3) is 0 Å². The lowest BCUT2D eigenvalue weighted by molar-refractivity contribution is -0.139. The average Bonchev–Trinajstić information content (AvgIpc) is 3.19. The maximum absolute atomic E-state index is 11.9. The molecular weight excluding hydrogens is 314 g/mol. The highest BCUT2D eigenvalue weighted by Crippen LogP contribution is 2.26. The number of rotatable bonds is 6. The molecule has 2 amide bonds. The van der Waals surface area contributed by atoms with Crippen molar-refractivity contribution in [2.45, 2.75) is 19.0 Å². The molecule has 0 bridgehead atoms. The van der Waals surface area contributed by atoms with Crippen molar-refractivity contribution >= 4 is 23.2 Å². The van der Waals surface area contributed by atoms with Gasteiger partial charge in [0.1, 0.15) is 5.76 Å². The zero-order valence-electron chi connectivity index (χ0n) is 12.7. The van der Waals surface area contributed by atoms with Crippen LogP contribution in [-0.2, 0) is 16.1 Å². The average molecular weight is 333 g/mol. The number of thiophene rings is 1. The lowest BCUT2D eigenvalue weighted by Crippen LogP contribution is -2.47. The maximum atomic E-state index is 11.9. The summed E-state index contributed by atoms with van der Waals surface area (Å²) in [6.07, 6.45) is 2.71. The molecule has 2 aromatic heterocycles. The number of amides is 2. The lowest BCUT2D eigenvalue weighted by atomic mass is 10.0. The Kier molecular flexibility index (Phi) is 5.09. The van der Waals surface area contributed by atoms with E-state index in [4.69, 9.17) is 4.42 Å². The SMILES string of the molecule is O=C(NCc1ccco1)C(=O)NC[C@@H](c1ccsc1)N1CCC1. The van der Waals surface area contributed by atoms with E-state index in [0.29, 0.717) is 12.3 Å². The van der Waals surface area contributed by atoms with E-state index in [2.05, 4.69) is 27.0 Å². The van der Waals surface area contributed by atoms with Crippen LogP contribution in [0.5, 0.6) is 0 Å². The topological polar surface area (TPSA) is 74.6 Å². The first-order valence-electron chi connectivity index (χ1n) is 7.58. The van der Waals surface area contributed by atoms with Gasteiger partial charge in [-0.2, -0.15) is 11.3 Å². The molecule has 122 valence electrons. The summed E-state index contributed by atoms with van der Waals surface area (Å²) in [5.41, 5.74) is 1.19. The number of nitrogens with one attached hydrogen (secondary N) is 2. The first kappa shape index (κ1) is 15.8. The van der Waals surface area contributed by atoms with Gasteiger partial charge in [0.2, 0.25) is 0 Å². The highest BCUT2D eigenvalue weighted by atomic mass is 32.1. The van der Waals surface area contributed by atoms with Crippen LogP contribution in [0.2, 0.25) is 0 Å². The second-order valence-corrected chi connectivity index (χ2v) is 6.21. The highest BCUT2D eigenvalue weighted by molar-refractivity contribution is 7.07. The summed E-state index contributed by atoms with van der Waals surface area (Å²) in [6, 6.07) is 5.68. The molecule has 1 atom stereocenters. The zero-order chi connectivity index (χ0) is 16.1. The van der Waals surface area contributed by atoms with Crippen LogP contribution in [-0.4, -0.2) is 36.3 Å². The Hall–Kier alpha value is -2.12. The van der Waals surface area contributed by atoms with E-state index in [1.165, 1.54) is 18.2 Å². The molecule has 6 nitrogen and oxygen atoms in total. The van der Waals surface area contributed by atoms with Crippen molar-refractivity contribution in [1.82, 2.24) is 15.5 Å². The van der Waals surface area contributed by atoms with E-state index in [-0.39, 0.29) is 12.6 Å². The Bertz CT molecular complexity index is 636. The molecule has 1 aliphatic heterocycles. The molecule has 3 rings (SSSR count). The van der Waals surface area contributed by atoms with Gasteiger partial charge in [-0.05, 0) is 40.9 Å². The maximum Gasteiger partial charge on any atom is 0.309 e. The molecular formula is C16H19N3O3S. The number of furan rings is 1. The van der Waals surface area contributed by atoms with Crippen LogP contribution in [0, 0.1) is 0 Å². The van der Waals surface area contributed by atoms with Gasteiger partial charge in [0.25, 0.3) is 0 Å². The summed E-state index contributed by atoms with van der Waals surface area (Å²) in [6.45, 7) is 2.70. The van der Waals surface area contributed by atoms with Crippen LogP contribution < -0.4 is 10.6 Å².